The van der Waals surface area contributed by atoms with Crippen molar-refractivity contribution < 1.29 is 9.90 Å². The van der Waals surface area contributed by atoms with Crippen LogP contribution < -0.4 is 0 Å². The third-order valence-corrected chi connectivity index (χ3v) is 3.81. The molecular formula is C14H18ClNO2. The van der Waals surface area contributed by atoms with Gasteiger partial charge in [-0.2, -0.15) is 0 Å². The summed E-state index contributed by atoms with van der Waals surface area (Å²) < 4.78 is 0. The highest BCUT2D eigenvalue weighted by molar-refractivity contribution is 6.31. The summed E-state index contributed by atoms with van der Waals surface area (Å²) in [5.41, 5.74) is 2.22. The Morgan fingerprint density at radius 2 is 2.33 bits per heavy atom. The first-order chi connectivity index (χ1) is 8.56. The molecule has 2 rings (SSSR count). The van der Waals surface area contributed by atoms with Gasteiger partial charge in [0.25, 0.3) is 0 Å². The topological polar surface area (TPSA) is 40.5 Å². The smallest absolute Gasteiger partial charge is 0.307 e. The van der Waals surface area contributed by atoms with Gasteiger partial charge in [-0.1, -0.05) is 23.7 Å². The fourth-order valence-corrected chi connectivity index (χ4v) is 2.72. The Bertz CT molecular complexity index is 447. The number of carbonyl (C=O) groups is 1. The Labute approximate surface area is 112 Å². The van der Waals surface area contributed by atoms with Gasteiger partial charge < -0.3 is 5.11 Å². The zero-order chi connectivity index (χ0) is 13.1. The van der Waals surface area contributed by atoms with E-state index in [0.29, 0.717) is 6.54 Å². The Kier molecular flexibility index (Phi) is 4.25. The molecule has 1 fully saturated rings. The zero-order valence-corrected chi connectivity index (χ0v) is 11.3. The standard InChI is InChI=1S/C14H18ClNO2/c1-10-4-5-11(13(15)7-10)8-16-6-2-3-12(9-16)14(17)18/h4-5,7,12H,2-3,6,8-9H2,1H3,(H,17,18). The maximum atomic E-state index is 11.0. The first-order valence-electron chi connectivity index (χ1n) is 6.26. The number of likely N-dealkylation sites (tertiary alicyclic amines) is 1. The molecule has 3 nitrogen and oxygen atoms in total. The molecular weight excluding hydrogens is 250 g/mol. The van der Waals surface area contributed by atoms with Gasteiger partial charge in [0.15, 0.2) is 0 Å². The third kappa shape index (κ3) is 3.24. The lowest BCUT2D eigenvalue weighted by Gasteiger charge is -2.30. The SMILES string of the molecule is Cc1ccc(CN2CCCC(C(=O)O)C2)c(Cl)c1. The van der Waals surface area contributed by atoms with Crippen LogP contribution in [0.5, 0.6) is 0 Å². The van der Waals surface area contributed by atoms with Gasteiger partial charge in [-0.25, -0.2) is 0 Å². The van der Waals surface area contributed by atoms with Crippen molar-refractivity contribution in [3.8, 4) is 0 Å². The lowest BCUT2D eigenvalue weighted by molar-refractivity contribution is -0.143. The van der Waals surface area contributed by atoms with Crippen molar-refractivity contribution in [3.05, 3.63) is 34.3 Å². The summed E-state index contributed by atoms with van der Waals surface area (Å²) in [6.07, 6.45) is 1.73. The van der Waals surface area contributed by atoms with E-state index in [4.69, 9.17) is 16.7 Å². The molecule has 1 atom stereocenters. The van der Waals surface area contributed by atoms with Crippen molar-refractivity contribution in [2.75, 3.05) is 13.1 Å². The number of carboxylic acids is 1. The normalized spacial score (nSPS) is 20.9. The van der Waals surface area contributed by atoms with E-state index < -0.39 is 5.97 Å². The summed E-state index contributed by atoms with van der Waals surface area (Å²) in [6, 6.07) is 6.03. The molecule has 1 heterocycles. The number of halogens is 1. The van der Waals surface area contributed by atoms with Crippen LogP contribution in [0.2, 0.25) is 5.02 Å². The molecule has 0 bridgehead atoms. The minimum absolute atomic E-state index is 0.233. The molecule has 1 aliphatic rings. The van der Waals surface area contributed by atoms with Crippen molar-refractivity contribution in [2.24, 2.45) is 5.92 Å². The average Bonchev–Trinajstić information content (AvgIpc) is 2.33. The van der Waals surface area contributed by atoms with Gasteiger partial charge >= 0.3 is 5.97 Å². The minimum Gasteiger partial charge on any atom is -0.481 e. The molecule has 1 saturated heterocycles. The van der Waals surface area contributed by atoms with E-state index in [1.807, 2.05) is 25.1 Å². The number of hydrogen-bond donors (Lipinski definition) is 1. The van der Waals surface area contributed by atoms with Gasteiger partial charge in [0.05, 0.1) is 5.92 Å². The molecule has 0 spiro atoms. The second-order valence-corrected chi connectivity index (χ2v) is 5.41. The summed E-state index contributed by atoms with van der Waals surface area (Å²) in [7, 11) is 0. The number of carboxylic acid groups (broad SMARTS) is 1. The van der Waals surface area contributed by atoms with Gasteiger partial charge in [-0.05, 0) is 43.5 Å². The number of aliphatic carboxylic acids is 1. The molecule has 1 aromatic carbocycles. The number of rotatable bonds is 3. The zero-order valence-electron chi connectivity index (χ0n) is 10.5. The van der Waals surface area contributed by atoms with E-state index in [0.717, 1.165) is 42.1 Å². The summed E-state index contributed by atoms with van der Waals surface area (Å²) in [6.45, 7) is 4.33. The molecule has 1 N–H and O–H groups in total. The van der Waals surface area contributed by atoms with Crippen LogP contribution >= 0.6 is 11.6 Å². The molecule has 0 aliphatic carbocycles. The average molecular weight is 268 g/mol. The van der Waals surface area contributed by atoms with Crippen molar-refractivity contribution in [1.82, 2.24) is 4.90 Å². The van der Waals surface area contributed by atoms with E-state index in [1.165, 1.54) is 0 Å². The van der Waals surface area contributed by atoms with Crippen LogP contribution in [-0.2, 0) is 11.3 Å². The fourth-order valence-electron chi connectivity index (χ4n) is 2.42. The predicted octanol–water partition coefficient (Wildman–Crippen LogP) is 2.95. The number of benzene rings is 1. The predicted molar refractivity (Wildman–Crippen MR) is 71.8 cm³/mol. The summed E-state index contributed by atoms with van der Waals surface area (Å²) in [5.74, 6) is -0.919. The summed E-state index contributed by atoms with van der Waals surface area (Å²) in [5, 5.41) is 9.83. The summed E-state index contributed by atoms with van der Waals surface area (Å²) in [4.78, 5) is 13.2. The lowest BCUT2D eigenvalue weighted by atomic mass is 9.98. The maximum absolute atomic E-state index is 11.0. The lowest BCUT2D eigenvalue weighted by Crippen LogP contribution is -2.38. The van der Waals surface area contributed by atoms with Crippen LogP contribution in [0.25, 0.3) is 0 Å². The monoisotopic (exact) mass is 267 g/mol. The molecule has 98 valence electrons. The fraction of sp³-hybridized carbons (Fsp3) is 0.500. The van der Waals surface area contributed by atoms with Crippen LogP contribution in [0.1, 0.15) is 24.0 Å². The van der Waals surface area contributed by atoms with Crippen LogP contribution in [0.15, 0.2) is 18.2 Å². The highest BCUT2D eigenvalue weighted by atomic mass is 35.5. The Balaban J connectivity index is 2.02. The number of hydrogen-bond acceptors (Lipinski definition) is 2. The number of piperidine rings is 1. The highest BCUT2D eigenvalue weighted by Crippen LogP contribution is 2.23. The Morgan fingerprint density at radius 1 is 1.56 bits per heavy atom. The van der Waals surface area contributed by atoms with Crippen LogP contribution in [0.3, 0.4) is 0 Å². The Morgan fingerprint density at radius 3 is 3.00 bits per heavy atom. The molecule has 18 heavy (non-hydrogen) atoms. The molecule has 1 unspecified atom stereocenters. The molecule has 0 aromatic heterocycles. The van der Waals surface area contributed by atoms with Crippen molar-refractivity contribution in [1.29, 1.82) is 0 Å². The van der Waals surface area contributed by atoms with Gasteiger partial charge in [-0.3, -0.25) is 9.69 Å². The van der Waals surface area contributed by atoms with E-state index >= 15 is 0 Å². The van der Waals surface area contributed by atoms with Crippen LogP contribution in [0.4, 0.5) is 0 Å². The van der Waals surface area contributed by atoms with Gasteiger partial charge in [0, 0.05) is 18.1 Å². The number of aryl methyl sites for hydroxylation is 1. The van der Waals surface area contributed by atoms with E-state index in [1.54, 1.807) is 0 Å². The van der Waals surface area contributed by atoms with Gasteiger partial charge in [-0.15, -0.1) is 0 Å². The van der Waals surface area contributed by atoms with E-state index in [2.05, 4.69) is 4.90 Å². The van der Waals surface area contributed by atoms with Crippen molar-refractivity contribution >= 4 is 17.6 Å². The first-order valence-corrected chi connectivity index (χ1v) is 6.64. The van der Waals surface area contributed by atoms with Crippen molar-refractivity contribution in [3.63, 3.8) is 0 Å². The van der Waals surface area contributed by atoms with E-state index in [-0.39, 0.29) is 5.92 Å². The van der Waals surface area contributed by atoms with Gasteiger partial charge in [0.1, 0.15) is 0 Å². The van der Waals surface area contributed by atoms with E-state index in [9.17, 15) is 4.79 Å². The Hall–Kier alpha value is -1.06. The molecule has 0 radical (unpaired) electrons. The highest BCUT2D eigenvalue weighted by Gasteiger charge is 2.25. The quantitative estimate of drug-likeness (QED) is 0.915. The molecule has 0 amide bonds. The minimum atomic E-state index is -0.685. The summed E-state index contributed by atoms with van der Waals surface area (Å²) >= 11 is 6.20. The van der Waals surface area contributed by atoms with Crippen LogP contribution in [0, 0.1) is 12.8 Å². The molecule has 1 aromatic rings. The molecule has 4 heteroatoms. The largest absolute Gasteiger partial charge is 0.481 e. The van der Waals surface area contributed by atoms with Crippen molar-refractivity contribution in [2.45, 2.75) is 26.3 Å². The van der Waals surface area contributed by atoms with Crippen LogP contribution in [-0.4, -0.2) is 29.1 Å². The third-order valence-electron chi connectivity index (χ3n) is 3.46. The maximum Gasteiger partial charge on any atom is 0.307 e. The first kappa shape index (κ1) is 13.4. The number of nitrogens with zero attached hydrogens (tertiary/aromatic N) is 1. The second kappa shape index (κ2) is 5.72. The second-order valence-electron chi connectivity index (χ2n) is 5.01. The van der Waals surface area contributed by atoms with Gasteiger partial charge in [0.2, 0.25) is 0 Å². The molecule has 1 aliphatic heterocycles. The molecule has 0 saturated carbocycles.